The van der Waals surface area contributed by atoms with Gasteiger partial charge in [-0.2, -0.15) is 0 Å². The molecule has 2 nitrogen and oxygen atoms in total. The Hall–Kier alpha value is -0.550. The summed E-state index contributed by atoms with van der Waals surface area (Å²) in [5.74, 6) is 0. The lowest BCUT2D eigenvalue weighted by molar-refractivity contribution is 0.106. The molecule has 70 valence electrons. The number of rotatable bonds is 2. The van der Waals surface area contributed by atoms with Gasteiger partial charge in [0.15, 0.2) is 0 Å². The van der Waals surface area contributed by atoms with Crippen LogP contribution in [0.15, 0.2) is 16.7 Å². The van der Waals surface area contributed by atoms with Gasteiger partial charge in [-0.1, -0.05) is 15.9 Å². The molecule has 0 amide bonds. The summed E-state index contributed by atoms with van der Waals surface area (Å²) in [5, 5.41) is -0.989. The zero-order valence-electron chi connectivity index (χ0n) is 6.10. The van der Waals surface area contributed by atoms with E-state index in [4.69, 9.17) is 11.6 Å². The molecule has 0 radical (unpaired) electrons. The van der Waals surface area contributed by atoms with E-state index < -0.39 is 22.9 Å². The molecular weight excluding hydrogens is 267 g/mol. The monoisotopic (exact) mass is 269 g/mol. The van der Waals surface area contributed by atoms with Crippen molar-refractivity contribution >= 4 is 32.8 Å². The Bertz CT molecular complexity index is 345. The van der Waals surface area contributed by atoms with Gasteiger partial charge in [-0.3, -0.25) is 9.78 Å². The molecule has 6 heteroatoms. The lowest BCUT2D eigenvalue weighted by Crippen LogP contribution is -2.02. The fraction of sp³-hybridized carbons (Fsp3) is 0.143. The van der Waals surface area contributed by atoms with Crippen molar-refractivity contribution in [3.63, 3.8) is 0 Å². The van der Waals surface area contributed by atoms with Crippen molar-refractivity contribution in [3.05, 3.63) is 28.0 Å². The van der Waals surface area contributed by atoms with Crippen molar-refractivity contribution in [3.8, 4) is 0 Å². The molecule has 0 bridgehead atoms. The van der Waals surface area contributed by atoms with Gasteiger partial charge in [0, 0.05) is 10.7 Å². The maximum absolute atomic E-state index is 12.4. The number of carbonyl (C=O) groups is 1. The van der Waals surface area contributed by atoms with E-state index in [-0.39, 0.29) is 4.47 Å². The first-order chi connectivity index (χ1) is 6.04. The van der Waals surface area contributed by atoms with E-state index in [0.717, 1.165) is 0 Å². The van der Waals surface area contributed by atoms with Crippen LogP contribution in [0.1, 0.15) is 22.5 Å². The maximum Gasteiger partial charge on any atom is 0.271 e. The van der Waals surface area contributed by atoms with E-state index in [0.29, 0.717) is 0 Å². The minimum Gasteiger partial charge on any atom is -0.274 e. The van der Waals surface area contributed by atoms with E-state index in [1.54, 1.807) is 0 Å². The van der Waals surface area contributed by atoms with E-state index >= 15 is 0 Å². The number of hydrogen-bond acceptors (Lipinski definition) is 2. The Morgan fingerprint density at radius 2 is 2.23 bits per heavy atom. The van der Waals surface area contributed by atoms with Crippen LogP contribution in [0.2, 0.25) is 0 Å². The van der Waals surface area contributed by atoms with Gasteiger partial charge in [-0.15, -0.1) is 0 Å². The minimum atomic E-state index is -2.78. The normalized spacial score (nSPS) is 10.5. The van der Waals surface area contributed by atoms with Crippen LogP contribution in [0.3, 0.4) is 0 Å². The highest BCUT2D eigenvalue weighted by Crippen LogP contribution is 2.29. The van der Waals surface area contributed by atoms with Crippen molar-refractivity contribution in [1.29, 1.82) is 0 Å². The second-order valence-electron chi connectivity index (χ2n) is 2.13. The van der Waals surface area contributed by atoms with Crippen molar-refractivity contribution in [2.24, 2.45) is 0 Å². The Morgan fingerprint density at radius 3 is 2.62 bits per heavy atom. The molecule has 13 heavy (non-hydrogen) atoms. The minimum absolute atomic E-state index is 0.126. The molecule has 0 saturated heterocycles. The van der Waals surface area contributed by atoms with Crippen molar-refractivity contribution in [2.75, 3.05) is 0 Å². The summed E-state index contributed by atoms with van der Waals surface area (Å²) in [6.45, 7) is 0. The summed E-state index contributed by atoms with van der Waals surface area (Å²) < 4.78 is 24.9. The van der Waals surface area contributed by atoms with Gasteiger partial charge < -0.3 is 0 Å². The van der Waals surface area contributed by atoms with Crippen molar-refractivity contribution in [1.82, 2.24) is 4.98 Å². The molecule has 0 aliphatic heterocycles. The molecule has 1 heterocycles. The number of hydrogen-bond donors (Lipinski definition) is 0. The maximum atomic E-state index is 12.4. The summed E-state index contributed by atoms with van der Waals surface area (Å²) in [7, 11) is 0. The zero-order valence-corrected chi connectivity index (χ0v) is 8.44. The molecule has 0 unspecified atom stereocenters. The number of nitrogens with zero attached hydrogens (tertiary/aromatic N) is 1. The molecule has 0 atom stereocenters. The quantitative estimate of drug-likeness (QED) is 0.773. The van der Waals surface area contributed by atoms with Crippen LogP contribution >= 0.6 is 27.5 Å². The average molecular weight is 270 g/mol. The second kappa shape index (κ2) is 4.11. The first-order valence-electron chi connectivity index (χ1n) is 3.16. The van der Waals surface area contributed by atoms with E-state index in [9.17, 15) is 13.6 Å². The van der Waals surface area contributed by atoms with Gasteiger partial charge >= 0.3 is 0 Å². The first-order valence-corrected chi connectivity index (χ1v) is 4.33. The predicted molar refractivity (Wildman–Crippen MR) is 47.1 cm³/mol. The van der Waals surface area contributed by atoms with Gasteiger partial charge in [0.1, 0.15) is 5.69 Å². The Labute approximate surface area is 86.0 Å². The summed E-state index contributed by atoms with van der Waals surface area (Å²) in [5.41, 5.74) is -0.881. The molecule has 0 spiro atoms. The number of pyridine rings is 1. The molecule has 0 saturated carbocycles. The zero-order chi connectivity index (χ0) is 10.0. The number of halogens is 4. The van der Waals surface area contributed by atoms with Crippen LogP contribution in [0.4, 0.5) is 8.78 Å². The highest BCUT2D eigenvalue weighted by atomic mass is 79.9. The number of aromatic nitrogens is 1. The average Bonchev–Trinajstić information content (AvgIpc) is 2.02. The van der Waals surface area contributed by atoms with Crippen LogP contribution in [-0.2, 0) is 0 Å². The van der Waals surface area contributed by atoms with Gasteiger partial charge in [-0.25, -0.2) is 8.78 Å². The SMILES string of the molecule is O=C(Cl)c1nccc(Br)c1C(F)F. The fourth-order valence-corrected chi connectivity index (χ4v) is 1.44. The Balaban J connectivity index is 3.34. The van der Waals surface area contributed by atoms with Crippen molar-refractivity contribution in [2.45, 2.75) is 6.43 Å². The highest BCUT2D eigenvalue weighted by molar-refractivity contribution is 9.10. The van der Waals surface area contributed by atoms with Gasteiger partial charge in [0.2, 0.25) is 0 Å². The third-order valence-electron chi connectivity index (χ3n) is 1.34. The number of alkyl halides is 2. The van der Waals surface area contributed by atoms with E-state index in [1.165, 1.54) is 12.3 Å². The van der Waals surface area contributed by atoms with Gasteiger partial charge in [0.05, 0.1) is 5.56 Å². The summed E-state index contributed by atoms with van der Waals surface area (Å²) in [4.78, 5) is 14.1. The van der Waals surface area contributed by atoms with Crippen LogP contribution in [0.25, 0.3) is 0 Å². The van der Waals surface area contributed by atoms with Crippen LogP contribution in [-0.4, -0.2) is 10.2 Å². The van der Waals surface area contributed by atoms with E-state index in [1.807, 2.05) is 0 Å². The largest absolute Gasteiger partial charge is 0.274 e. The second-order valence-corrected chi connectivity index (χ2v) is 3.33. The molecule has 0 aliphatic carbocycles. The van der Waals surface area contributed by atoms with E-state index in [2.05, 4.69) is 20.9 Å². The van der Waals surface area contributed by atoms with Crippen LogP contribution < -0.4 is 0 Å². The van der Waals surface area contributed by atoms with Gasteiger partial charge in [0.25, 0.3) is 11.7 Å². The summed E-state index contributed by atoms with van der Waals surface area (Å²) in [6.07, 6.45) is -1.55. The van der Waals surface area contributed by atoms with Crippen molar-refractivity contribution < 1.29 is 13.6 Å². The number of carbonyl (C=O) groups excluding carboxylic acids is 1. The molecule has 0 aromatic carbocycles. The highest BCUT2D eigenvalue weighted by Gasteiger charge is 2.21. The molecule has 0 aliphatic rings. The molecule has 0 N–H and O–H groups in total. The topological polar surface area (TPSA) is 30.0 Å². The third kappa shape index (κ3) is 2.22. The predicted octanol–water partition coefficient (Wildman–Crippen LogP) is 3.16. The smallest absolute Gasteiger partial charge is 0.271 e. The van der Waals surface area contributed by atoms with Crippen LogP contribution in [0.5, 0.6) is 0 Å². The first kappa shape index (κ1) is 10.5. The van der Waals surface area contributed by atoms with Gasteiger partial charge in [-0.05, 0) is 17.7 Å². The lowest BCUT2D eigenvalue weighted by atomic mass is 10.2. The fourth-order valence-electron chi connectivity index (χ4n) is 0.814. The lowest BCUT2D eigenvalue weighted by Gasteiger charge is -2.05. The Kier molecular flexibility index (Phi) is 3.33. The molecule has 0 fully saturated rings. The standard InChI is InChI=1S/C7H3BrClF2NO/c8-3-1-2-12-5(6(9)13)4(3)7(10)11/h1-2,7H. The molecule has 1 rings (SSSR count). The molecular formula is C7H3BrClF2NO. The summed E-state index contributed by atoms with van der Waals surface area (Å²) in [6, 6.07) is 1.32. The Morgan fingerprint density at radius 1 is 1.62 bits per heavy atom. The molecule has 1 aromatic rings. The molecule has 1 aromatic heterocycles. The summed E-state index contributed by atoms with van der Waals surface area (Å²) >= 11 is 7.95. The third-order valence-corrected chi connectivity index (χ3v) is 2.21. The van der Waals surface area contributed by atoms with Crippen LogP contribution in [0, 0.1) is 0 Å².